The minimum absolute atomic E-state index is 0.311. The van der Waals surface area contributed by atoms with Gasteiger partial charge >= 0.3 is 0 Å². The number of hydrogen-bond acceptors (Lipinski definition) is 6. The number of anilines is 3. The van der Waals surface area contributed by atoms with Crippen LogP contribution in [0.15, 0.2) is 48.0 Å². The Morgan fingerprint density at radius 3 is 2.64 bits per heavy atom. The minimum Gasteiger partial charge on any atom is -0.367 e. The van der Waals surface area contributed by atoms with Crippen molar-refractivity contribution < 1.29 is 4.79 Å². The number of benzene rings is 1. The molecule has 7 heteroatoms. The lowest BCUT2D eigenvalue weighted by Crippen LogP contribution is -2.17. The maximum atomic E-state index is 11.5. The highest BCUT2D eigenvalue weighted by atomic mass is 32.1. The molecule has 2 heterocycles. The zero-order valence-electron chi connectivity index (χ0n) is 13.4. The summed E-state index contributed by atoms with van der Waals surface area (Å²) in [4.78, 5) is 21.4. The molecule has 0 unspecified atom stereocenters. The number of rotatable bonds is 6. The normalized spacial score (nSPS) is 13.4. The van der Waals surface area contributed by atoms with Gasteiger partial charge in [0.1, 0.15) is 5.82 Å². The van der Waals surface area contributed by atoms with Crippen molar-refractivity contribution in [2.75, 3.05) is 10.6 Å². The molecule has 1 saturated carbocycles. The smallest absolute Gasteiger partial charge is 0.254 e. The summed E-state index contributed by atoms with van der Waals surface area (Å²) >= 11 is 1.71. The summed E-state index contributed by atoms with van der Waals surface area (Å²) in [6, 6.07) is 12.6. The maximum Gasteiger partial charge on any atom is 0.254 e. The number of aromatic nitrogens is 2. The Hall–Kier alpha value is -2.93. The zero-order chi connectivity index (χ0) is 17.2. The lowest BCUT2D eigenvalue weighted by molar-refractivity contribution is 0.100. The summed E-state index contributed by atoms with van der Waals surface area (Å²) in [5.74, 6) is 0.384. The van der Waals surface area contributed by atoms with E-state index < -0.39 is 5.91 Å². The summed E-state index contributed by atoms with van der Waals surface area (Å²) in [5.41, 5.74) is 7.76. The third-order valence-electron chi connectivity index (χ3n) is 3.92. The van der Waals surface area contributed by atoms with Crippen molar-refractivity contribution in [3.8, 4) is 10.4 Å². The summed E-state index contributed by atoms with van der Waals surface area (Å²) in [6.07, 6.45) is 3.62. The highest BCUT2D eigenvalue weighted by molar-refractivity contribution is 7.13. The molecule has 1 aliphatic carbocycles. The van der Waals surface area contributed by atoms with Gasteiger partial charge in [-0.25, -0.2) is 4.98 Å². The Bertz CT molecular complexity index is 888. The molecule has 0 radical (unpaired) electrons. The number of carbonyl (C=O) groups excluding carboxylic acids is 1. The molecule has 0 atom stereocenters. The van der Waals surface area contributed by atoms with Crippen LogP contribution in [0.25, 0.3) is 10.4 Å². The van der Waals surface area contributed by atoms with Gasteiger partial charge in [0.05, 0.1) is 5.56 Å². The van der Waals surface area contributed by atoms with Gasteiger partial charge in [0.25, 0.3) is 5.91 Å². The van der Waals surface area contributed by atoms with Gasteiger partial charge in [0.15, 0.2) is 0 Å². The van der Waals surface area contributed by atoms with Gasteiger partial charge in [0.2, 0.25) is 5.95 Å². The van der Waals surface area contributed by atoms with Gasteiger partial charge in [-0.3, -0.25) is 4.79 Å². The van der Waals surface area contributed by atoms with Crippen LogP contribution in [0, 0.1) is 0 Å². The molecule has 1 aromatic carbocycles. The Balaban J connectivity index is 1.54. The van der Waals surface area contributed by atoms with Crippen LogP contribution in [0.3, 0.4) is 0 Å². The van der Waals surface area contributed by atoms with E-state index in [-0.39, 0.29) is 0 Å². The fraction of sp³-hybridized carbons (Fsp3) is 0.167. The predicted molar refractivity (Wildman–Crippen MR) is 100 cm³/mol. The fourth-order valence-electron chi connectivity index (χ4n) is 2.44. The number of primary amides is 1. The van der Waals surface area contributed by atoms with E-state index in [9.17, 15) is 4.79 Å². The molecular weight excluding hydrogens is 334 g/mol. The molecule has 25 heavy (non-hydrogen) atoms. The molecule has 1 amide bonds. The molecule has 2 aromatic heterocycles. The third kappa shape index (κ3) is 3.61. The number of nitrogens with zero attached hydrogens (tertiary/aromatic N) is 2. The average Bonchev–Trinajstić information content (AvgIpc) is 3.25. The van der Waals surface area contributed by atoms with E-state index in [0.29, 0.717) is 23.4 Å². The van der Waals surface area contributed by atoms with Crippen LogP contribution in [0.2, 0.25) is 0 Å². The molecule has 4 rings (SSSR count). The second kappa shape index (κ2) is 6.52. The molecule has 6 nitrogen and oxygen atoms in total. The van der Waals surface area contributed by atoms with Gasteiger partial charge in [-0.2, -0.15) is 4.98 Å². The van der Waals surface area contributed by atoms with Gasteiger partial charge in [-0.05, 0) is 42.0 Å². The van der Waals surface area contributed by atoms with Crippen molar-refractivity contribution in [2.45, 2.75) is 18.9 Å². The second-order valence-electron chi connectivity index (χ2n) is 5.92. The van der Waals surface area contributed by atoms with Crippen LogP contribution in [-0.2, 0) is 0 Å². The van der Waals surface area contributed by atoms with Crippen molar-refractivity contribution in [2.24, 2.45) is 5.73 Å². The first kappa shape index (κ1) is 15.6. The highest BCUT2D eigenvalue weighted by Crippen LogP contribution is 2.28. The Morgan fingerprint density at radius 2 is 2.00 bits per heavy atom. The SMILES string of the molecule is NC(=O)c1cnc(Nc2ccc(-c3cccs3)cc2)nc1NC1CC1. The Morgan fingerprint density at radius 1 is 1.20 bits per heavy atom. The topological polar surface area (TPSA) is 92.9 Å². The Labute approximate surface area is 149 Å². The number of nitrogens with one attached hydrogen (secondary N) is 2. The molecule has 3 aromatic rings. The Kier molecular flexibility index (Phi) is 4.07. The van der Waals surface area contributed by atoms with Crippen molar-refractivity contribution in [3.63, 3.8) is 0 Å². The molecule has 0 saturated heterocycles. The van der Waals surface area contributed by atoms with Crippen LogP contribution >= 0.6 is 11.3 Å². The first-order valence-electron chi connectivity index (χ1n) is 8.03. The molecular formula is C18H17N5OS. The number of thiophene rings is 1. The zero-order valence-corrected chi connectivity index (χ0v) is 14.2. The average molecular weight is 351 g/mol. The number of hydrogen-bond donors (Lipinski definition) is 3. The summed E-state index contributed by atoms with van der Waals surface area (Å²) in [5, 5.41) is 8.45. The van der Waals surface area contributed by atoms with Crippen molar-refractivity contribution in [1.82, 2.24) is 9.97 Å². The first-order chi connectivity index (χ1) is 12.2. The van der Waals surface area contributed by atoms with Crippen LogP contribution < -0.4 is 16.4 Å². The standard InChI is InChI=1S/C18H17N5OS/c19-16(24)14-10-20-18(23-17(14)21-12-7-8-12)22-13-5-3-11(4-6-13)15-2-1-9-25-15/h1-6,9-10,12H,7-8H2,(H2,19,24)(H2,20,21,22,23). The lowest BCUT2D eigenvalue weighted by atomic mass is 10.2. The van der Waals surface area contributed by atoms with E-state index in [1.807, 2.05) is 18.2 Å². The third-order valence-corrected chi connectivity index (χ3v) is 4.84. The van der Waals surface area contributed by atoms with Gasteiger partial charge in [0, 0.05) is 22.8 Å². The minimum atomic E-state index is -0.532. The number of amides is 1. The number of nitrogens with two attached hydrogens (primary N) is 1. The quantitative estimate of drug-likeness (QED) is 0.631. The molecule has 4 N–H and O–H groups in total. The molecule has 126 valence electrons. The van der Waals surface area contributed by atoms with Crippen molar-refractivity contribution >= 4 is 34.7 Å². The van der Waals surface area contributed by atoms with Crippen molar-refractivity contribution in [3.05, 3.63) is 53.5 Å². The second-order valence-corrected chi connectivity index (χ2v) is 6.87. The predicted octanol–water partition coefficient (Wildman–Crippen LogP) is 3.62. The highest BCUT2D eigenvalue weighted by Gasteiger charge is 2.24. The van der Waals surface area contributed by atoms with Crippen LogP contribution in [0.5, 0.6) is 0 Å². The van der Waals surface area contributed by atoms with Crippen molar-refractivity contribution in [1.29, 1.82) is 0 Å². The summed E-state index contributed by atoms with van der Waals surface area (Å²) in [7, 11) is 0. The van der Waals surface area contributed by atoms with E-state index in [4.69, 9.17) is 5.73 Å². The molecule has 0 aliphatic heterocycles. The van der Waals surface area contributed by atoms with E-state index >= 15 is 0 Å². The van der Waals surface area contributed by atoms with Gasteiger partial charge in [-0.1, -0.05) is 18.2 Å². The van der Waals surface area contributed by atoms with Crippen LogP contribution in [0.4, 0.5) is 17.5 Å². The largest absolute Gasteiger partial charge is 0.367 e. The summed E-state index contributed by atoms with van der Waals surface area (Å²) < 4.78 is 0. The molecule has 1 fully saturated rings. The van der Waals surface area contributed by atoms with E-state index in [0.717, 1.165) is 18.5 Å². The molecule has 0 bridgehead atoms. The van der Waals surface area contributed by atoms with E-state index in [1.165, 1.54) is 16.6 Å². The van der Waals surface area contributed by atoms with E-state index in [2.05, 4.69) is 44.2 Å². The fourth-order valence-corrected chi connectivity index (χ4v) is 3.18. The molecule has 0 spiro atoms. The van der Waals surface area contributed by atoms with Gasteiger partial charge < -0.3 is 16.4 Å². The van der Waals surface area contributed by atoms with Crippen LogP contribution in [0.1, 0.15) is 23.2 Å². The first-order valence-corrected chi connectivity index (χ1v) is 8.91. The summed E-state index contributed by atoms with van der Waals surface area (Å²) in [6.45, 7) is 0. The number of carbonyl (C=O) groups is 1. The molecule has 1 aliphatic rings. The van der Waals surface area contributed by atoms with Gasteiger partial charge in [-0.15, -0.1) is 11.3 Å². The van der Waals surface area contributed by atoms with Crippen LogP contribution in [-0.4, -0.2) is 21.9 Å². The lowest BCUT2D eigenvalue weighted by Gasteiger charge is -2.11. The maximum absolute atomic E-state index is 11.5. The monoisotopic (exact) mass is 351 g/mol. The van der Waals surface area contributed by atoms with E-state index in [1.54, 1.807) is 11.3 Å².